The number of phosphoric ester groups is 2. The summed E-state index contributed by atoms with van der Waals surface area (Å²) in [6.07, 6.45) is 0.783. The van der Waals surface area contributed by atoms with Crippen LogP contribution in [0.2, 0.25) is 0 Å². The lowest BCUT2D eigenvalue weighted by Gasteiger charge is -2.16. The number of nitrogens with zero attached hydrogens (tertiary/aromatic N) is 3. The lowest BCUT2D eigenvalue weighted by atomic mass is 10.4. The molecule has 40 heavy (non-hydrogen) atoms. The maximum atomic E-state index is 12.1. The maximum absolute atomic E-state index is 12.1. The van der Waals surface area contributed by atoms with Gasteiger partial charge < -0.3 is 49.1 Å². The molecule has 0 aromatic carbocycles. The SMILES string of the molecule is Nc1nc2c(ncn2-c2oc(COP(=O)(O)OP(=O)(O)OP(=O)(O)O)c(OP(=O)(O)OP(=O)(O)O)c2O)c(=O)[nH]1. The molecule has 0 aliphatic heterocycles. The quantitative estimate of drug-likeness (QED) is 0.107. The zero-order chi connectivity index (χ0) is 30.5. The lowest BCUT2D eigenvalue weighted by molar-refractivity contribution is 0.157. The predicted octanol–water partition coefficient (Wildman–Crippen LogP) is -0.579. The number of phosphoric acid groups is 5. The van der Waals surface area contributed by atoms with Gasteiger partial charge in [0.05, 0.1) is 0 Å². The van der Waals surface area contributed by atoms with Crippen molar-refractivity contribution in [1.82, 2.24) is 19.5 Å². The second-order valence-electron chi connectivity index (χ2n) is 6.74. The summed E-state index contributed by atoms with van der Waals surface area (Å²) in [7, 11) is -29.1. The Bertz CT molecular complexity index is 1750. The summed E-state index contributed by atoms with van der Waals surface area (Å²) in [5, 5.41) is 10.6. The first-order valence-corrected chi connectivity index (χ1v) is 16.7. The standard InChI is InChI=1S/C10H14N5O20P5/c11-10-13-7-4(8(17)14-10)12-2-15(7)9-5(16)6(32-39(26,27)33-36(18,19)20)3(31-9)1-30-38(24,25)35-40(28,29)34-37(21,22)23/h2,16H,1H2,(H,24,25)(H,26,27)(H,28,29)(H2,18,19,20)(H2,21,22,23)(H3,11,13,14,17). The molecule has 0 saturated heterocycles. The largest absolute Gasteiger partial charge is 0.536 e. The van der Waals surface area contributed by atoms with E-state index < -0.39 is 91.5 Å². The van der Waals surface area contributed by atoms with Gasteiger partial charge in [-0.25, -0.2) is 32.4 Å². The van der Waals surface area contributed by atoms with Gasteiger partial charge in [0, 0.05) is 0 Å². The number of nitrogen functional groups attached to an aromatic ring is 1. The van der Waals surface area contributed by atoms with Crippen LogP contribution in [0, 0.1) is 0 Å². The molecule has 0 aliphatic carbocycles. The molecule has 3 unspecified atom stereocenters. The Kier molecular flexibility index (Phi) is 8.76. The number of hydrogen-bond acceptors (Lipinski definition) is 16. The molecule has 0 spiro atoms. The second-order valence-corrected chi connectivity index (χ2v) is 13.9. The van der Waals surface area contributed by atoms with Crippen LogP contribution in [0.1, 0.15) is 5.76 Å². The molecule has 30 heteroatoms. The molecular weight excluding hydrogens is 665 g/mol. The van der Waals surface area contributed by atoms with Gasteiger partial charge in [0.25, 0.3) is 11.4 Å². The highest BCUT2D eigenvalue weighted by atomic mass is 31.3. The van der Waals surface area contributed by atoms with Crippen molar-refractivity contribution in [3.05, 3.63) is 22.4 Å². The number of aromatic nitrogens is 4. The summed E-state index contributed by atoms with van der Waals surface area (Å²) in [6.45, 7) is -1.54. The Balaban J connectivity index is 2.05. The van der Waals surface area contributed by atoms with Gasteiger partial charge in [0.1, 0.15) is 12.9 Å². The first-order valence-electron chi connectivity index (χ1n) is 9.13. The lowest BCUT2D eigenvalue weighted by Crippen LogP contribution is -2.11. The van der Waals surface area contributed by atoms with Crippen LogP contribution in [0.4, 0.5) is 5.95 Å². The Morgan fingerprint density at radius 3 is 2.08 bits per heavy atom. The van der Waals surface area contributed by atoms with E-state index in [2.05, 4.69) is 36.9 Å². The van der Waals surface area contributed by atoms with Crippen molar-refractivity contribution in [3.63, 3.8) is 0 Å². The van der Waals surface area contributed by atoms with Crippen LogP contribution in [0.5, 0.6) is 11.5 Å². The number of nitrogens with two attached hydrogens (primary N) is 1. The van der Waals surface area contributed by atoms with Crippen LogP contribution in [-0.4, -0.2) is 58.9 Å². The van der Waals surface area contributed by atoms with Gasteiger partial charge in [-0.15, -0.1) is 0 Å². The van der Waals surface area contributed by atoms with Crippen LogP contribution < -0.4 is 15.8 Å². The molecule has 3 atom stereocenters. The smallest absolute Gasteiger partial charge is 0.500 e. The van der Waals surface area contributed by atoms with Crippen LogP contribution >= 0.6 is 39.1 Å². The summed E-state index contributed by atoms with van der Waals surface area (Å²) in [5.74, 6) is -5.20. The van der Waals surface area contributed by atoms with Gasteiger partial charge in [0.15, 0.2) is 16.9 Å². The highest BCUT2D eigenvalue weighted by Crippen LogP contribution is 2.67. The van der Waals surface area contributed by atoms with E-state index in [9.17, 15) is 47.4 Å². The van der Waals surface area contributed by atoms with Gasteiger partial charge in [-0.2, -0.15) is 17.9 Å². The third-order valence-corrected chi connectivity index (χ3v) is 9.60. The normalized spacial score (nSPS) is 17.3. The van der Waals surface area contributed by atoms with E-state index in [1.807, 2.05) is 0 Å². The fourth-order valence-corrected chi connectivity index (χ4v) is 7.18. The van der Waals surface area contributed by atoms with Crippen LogP contribution in [0.3, 0.4) is 0 Å². The van der Waals surface area contributed by atoms with E-state index in [1.165, 1.54) is 0 Å². The number of fused-ring (bicyclic) bond motifs is 1. The molecule has 3 aromatic heterocycles. The molecule has 25 nitrogen and oxygen atoms in total. The zero-order valence-corrected chi connectivity index (χ0v) is 22.9. The van der Waals surface area contributed by atoms with E-state index in [0.717, 1.165) is 6.33 Å². The minimum absolute atomic E-state index is 0.403. The highest BCUT2D eigenvalue weighted by molar-refractivity contribution is 7.66. The topological polar surface area (TPSA) is 396 Å². The first kappa shape index (κ1) is 32.3. The fraction of sp³-hybridized carbons (Fsp3) is 0.100. The van der Waals surface area contributed by atoms with Gasteiger partial charge in [0.2, 0.25) is 17.4 Å². The van der Waals surface area contributed by atoms with Crippen LogP contribution in [0.15, 0.2) is 15.5 Å². The minimum atomic E-state index is -5.98. The molecule has 224 valence electrons. The van der Waals surface area contributed by atoms with Crippen molar-refractivity contribution < 1.29 is 88.6 Å². The summed E-state index contributed by atoms with van der Waals surface area (Å²) < 4.78 is 82.4. The zero-order valence-electron chi connectivity index (χ0n) is 18.4. The summed E-state index contributed by atoms with van der Waals surface area (Å²) in [5.41, 5.74) is 3.74. The third-order valence-electron chi connectivity index (χ3n) is 3.73. The average Bonchev–Trinajstić information content (AvgIpc) is 3.23. The van der Waals surface area contributed by atoms with Crippen molar-refractivity contribution in [3.8, 4) is 17.4 Å². The second kappa shape index (κ2) is 10.9. The van der Waals surface area contributed by atoms with E-state index in [1.54, 1.807) is 0 Å². The maximum Gasteiger partial charge on any atom is 0.536 e. The predicted molar refractivity (Wildman–Crippen MR) is 120 cm³/mol. The van der Waals surface area contributed by atoms with Crippen molar-refractivity contribution >= 4 is 56.2 Å². The Morgan fingerprint density at radius 1 is 0.925 bits per heavy atom. The molecule has 3 aromatic rings. The van der Waals surface area contributed by atoms with Crippen molar-refractivity contribution in [2.24, 2.45) is 0 Å². The third kappa shape index (κ3) is 8.38. The summed E-state index contributed by atoms with van der Waals surface area (Å²) in [4.78, 5) is 84.8. The van der Waals surface area contributed by atoms with Crippen molar-refractivity contribution in [2.45, 2.75) is 6.61 Å². The Labute approximate surface area is 217 Å². The highest BCUT2D eigenvalue weighted by Gasteiger charge is 2.42. The molecule has 3 heterocycles. The molecule has 0 radical (unpaired) electrons. The van der Waals surface area contributed by atoms with Gasteiger partial charge >= 0.3 is 39.1 Å². The van der Waals surface area contributed by atoms with E-state index in [0.29, 0.717) is 4.57 Å². The van der Waals surface area contributed by atoms with Gasteiger partial charge in [-0.05, 0) is 0 Å². The number of rotatable bonds is 12. The Hall–Kier alpha value is -2.26. The molecule has 0 bridgehead atoms. The number of aromatic amines is 1. The number of aromatic hydroxyl groups is 1. The number of anilines is 1. The van der Waals surface area contributed by atoms with E-state index >= 15 is 0 Å². The average molecular weight is 679 g/mol. The molecule has 0 aliphatic rings. The van der Waals surface area contributed by atoms with Crippen molar-refractivity contribution in [1.29, 1.82) is 0 Å². The summed E-state index contributed by atoms with van der Waals surface area (Å²) in [6, 6.07) is 0. The van der Waals surface area contributed by atoms with Gasteiger partial charge in [-0.1, -0.05) is 0 Å². The van der Waals surface area contributed by atoms with Gasteiger partial charge in [-0.3, -0.25) is 19.2 Å². The number of imidazole rings is 1. The van der Waals surface area contributed by atoms with Crippen LogP contribution in [0.25, 0.3) is 17.0 Å². The Morgan fingerprint density at radius 2 is 1.50 bits per heavy atom. The fourth-order valence-electron chi connectivity index (χ4n) is 2.58. The van der Waals surface area contributed by atoms with Crippen LogP contribution in [-0.2, 0) is 46.9 Å². The number of H-pyrrole nitrogens is 1. The van der Waals surface area contributed by atoms with E-state index in [4.69, 9.17) is 29.7 Å². The first-order chi connectivity index (χ1) is 18.0. The molecule has 3 rings (SSSR count). The molecular formula is C10H14N5O20P5. The molecule has 0 fully saturated rings. The molecule has 0 saturated carbocycles. The van der Waals surface area contributed by atoms with E-state index in [-0.39, 0.29) is 0 Å². The number of furan rings is 1. The number of hydrogen-bond donors (Lipinski definition) is 10. The number of nitrogens with one attached hydrogen (secondary N) is 1. The van der Waals surface area contributed by atoms with Crippen molar-refractivity contribution in [2.75, 3.05) is 5.73 Å². The summed E-state index contributed by atoms with van der Waals surface area (Å²) >= 11 is 0. The molecule has 0 amide bonds. The molecule has 11 N–H and O–H groups in total. The monoisotopic (exact) mass is 679 g/mol. The minimum Gasteiger partial charge on any atom is -0.500 e.